The molecule has 1 aromatic rings. The van der Waals surface area contributed by atoms with Crippen LogP contribution in [0.4, 0.5) is 0 Å². The third-order valence-corrected chi connectivity index (χ3v) is 3.58. The van der Waals surface area contributed by atoms with Gasteiger partial charge in [-0.3, -0.25) is 4.99 Å². The molecule has 0 aliphatic heterocycles. The van der Waals surface area contributed by atoms with Crippen LogP contribution in [0.2, 0.25) is 0 Å². The van der Waals surface area contributed by atoms with Gasteiger partial charge in [0.15, 0.2) is 0 Å². The summed E-state index contributed by atoms with van der Waals surface area (Å²) in [5.41, 5.74) is 4.63. The van der Waals surface area contributed by atoms with Gasteiger partial charge in [0.1, 0.15) is 11.5 Å². The number of aliphatic imine (C=N–C) groups is 1. The third kappa shape index (κ3) is 5.93. The minimum atomic E-state index is 0.409. The average molecular weight is 315 g/mol. The lowest BCUT2D eigenvalue weighted by atomic mass is 9.96. The van der Waals surface area contributed by atoms with Crippen molar-refractivity contribution in [3.8, 4) is 11.5 Å². The van der Waals surface area contributed by atoms with Gasteiger partial charge < -0.3 is 9.47 Å². The van der Waals surface area contributed by atoms with Crippen molar-refractivity contribution < 1.29 is 9.47 Å². The second-order valence-corrected chi connectivity index (χ2v) is 5.98. The van der Waals surface area contributed by atoms with E-state index in [-0.39, 0.29) is 0 Å². The topological polar surface area (TPSA) is 30.8 Å². The number of rotatable bonds is 7. The highest BCUT2D eigenvalue weighted by Gasteiger charge is 2.08. The van der Waals surface area contributed by atoms with Gasteiger partial charge in [-0.25, -0.2) is 0 Å². The molecule has 23 heavy (non-hydrogen) atoms. The Morgan fingerprint density at radius 3 is 2.04 bits per heavy atom. The van der Waals surface area contributed by atoms with E-state index in [1.165, 1.54) is 11.1 Å². The summed E-state index contributed by atoms with van der Waals surface area (Å²) in [7, 11) is 3.35. The fourth-order valence-electron chi connectivity index (χ4n) is 2.14. The largest absolute Gasteiger partial charge is 0.497 e. The molecular weight excluding hydrogens is 286 g/mol. The highest BCUT2D eigenvalue weighted by molar-refractivity contribution is 5.79. The number of methoxy groups -OCH3 is 2. The number of nitrogens with zero attached hydrogens (tertiary/aromatic N) is 1. The van der Waals surface area contributed by atoms with Crippen molar-refractivity contribution in [2.45, 2.75) is 41.0 Å². The van der Waals surface area contributed by atoms with Crippen LogP contribution < -0.4 is 9.47 Å². The number of benzene rings is 1. The first-order valence-electron chi connectivity index (χ1n) is 8.06. The lowest BCUT2D eigenvalue weighted by molar-refractivity contribution is 0.394. The Morgan fingerprint density at radius 1 is 1.09 bits per heavy atom. The third-order valence-electron chi connectivity index (χ3n) is 3.58. The van der Waals surface area contributed by atoms with Crippen LogP contribution in [0.5, 0.6) is 11.5 Å². The Balaban J connectivity index is 3.34. The van der Waals surface area contributed by atoms with Gasteiger partial charge in [0, 0.05) is 18.0 Å². The first-order chi connectivity index (χ1) is 10.9. The Morgan fingerprint density at radius 2 is 1.65 bits per heavy atom. The van der Waals surface area contributed by atoms with E-state index in [2.05, 4.69) is 31.8 Å². The molecule has 0 aliphatic carbocycles. The Bertz CT molecular complexity index is 584. The summed E-state index contributed by atoms with van der Waals surface area (Å²) >= 11 is 0. The Hall–Kier alpha value is -2.03. The summed E-state index contributed by atoms with van der Waals surface area (Å²) in [5.74, 6) is 2.01. The molecule has 0 amide bonds. The molecule has 1 aromatic carbocycles. The van der Waals surface area contributed by atoms with E-state index in [4.69, 9.17) is 9.47 Å². The molecule has 0 radical (unpaired) electrons. The van der Waals surface area contributed by atoms with Gasteiger partial charge in [0.25, 0.3) is 0 Å². The van der Waals surface area contributed by atoms with E-state index < -0.39 is 0 Å². The zero-order chi connectivity index (χ0) is 17.4. The summed E-state index contributed by atoms with van der Waals surface area (Å²) in [6.45, 7) is 10.5. The maximum Gasteiger partial charge on any atom is 0.123 e. The molecule has 126 valence electrons. The summed E-state index contributed by atoms with van der Waals surface area (Å²) in [6, 6.07) is 5.98. The molecule has 0 spiro atoms. The van der Waals surface area contributed by atoms with Gasteiger partial charge in [-0.2, -0.15) is 0 Å². The normalized spacial score (nSPS) is 12.3. The number of hydrogen-bond acceptors (Lipinski definition) is 3. The Labute approximate surface area is 140 Å². The van der Waals surface area contributed by atoms with E-state index in [0.29, 0.717) is 5.92 Å². The summed E-state index contributed by atoms with van der Waals surface area (Å²) in [4.78, 5) is 4.46. The van der Waals surface area contributed by atoms with Crippen LogP contribution in [0, 0.1) is 5.92 Å². The molecule has 0 N–H and O–H groups in total. The quantitative estimate of drug-likeness (QED) is 0.490. The SMILES string of the molecule is CC/C(=C\C(=C\N=C(C)C)C(C)C)c1cc(OC)cc(OC)c1. The molecule has 0 saturated carbocycles. The molecule has 3 nitrogen and oxygen atoms in total. The van der Waals surface area contributed by atoms with Crippen molar-refractivity contribution in [3.63, 3.8) is 0 Å². The van der Waals surface area contributed by atoms with E-state index in [0.717, 1.165) is 29.2 Å². The van der Waals surface area contributed by atoms with E-state index in [9.17, 15) is 0 Å². The molecule has 0 heterocycles. The summed E-state index contributed by atoms with van der Waals surface area (Å²) in [5, 5.41) is 0. The van der Waals surface area contributed by atoms with Gasteiger partial charge >= 0.3 is 0 Å². The number of allylic oxidation sites excluding steroid dienone is 3. The van der Waals surface area contributed by atoms with E-state index in [1.54, 1.807) is 14.2 Å². The first kappa shape index (κ1) is 19.0. The lowest BCUT2D eigenvalue weighted by Crippen LogP contribution is -1.95. The summed E-state index contributed by atoms with van der Waals surface area (Å²) in [6.07, 6.45) is 5.12. The summed E-state index contributed by atoms with van der Waals surface area (Å²) < 4.78 is 10.8. The van der Waals surface area contributed by atoms with Crippen molar-refractivity contribution in [3.05, 3.63) is 41.6 Å². The maximum absolute atomic E-state index is 5.38. The fourth-order valence-corrected chi connectivity index (χ4v) is 2.14. The zero-order valence-electron chi connectivity index (χ0n) is 15.4. The average Bonchev–Trinajstić information content (AvgIpc) is 2.53. The molecule has 0 unspecified atom stereocenters. The molecule has 0 atom stereocenters. The van der Waals surface area contributed by atoms with Gasteiger partial charge in [0.2, 0.25) is 0 Å². The van der Waals surface area contributed by atoms with Crippen molar-refractivity contribution in [1.29, 1.82) is 0 Å². The van der Waals surface area contributed by atoms with Crippen LogP contribution >= 0.6 is 0 Å². The van der Waals surface area contributed by atoms with Crippen LogP contribution in [-0.2, 0) is 0 Å². The highest BCUT2D eigenvalue weighted by Crippen LogP contribution is 2.30. The van der Waals surface area contributed by atoms with Crippen LogP contribution in [0.25, 0.3) is 5.57 Å². The van der Waals surface area contributed by atoms with Gasteiger partial charge in [-0.05, 0) is 55.0 Å². The van der Waals surface area contributed by atoms with Crippen LogP contribution in [0.1, 0.15) is 46.6 Å². The van der Waals surface area contributed by atoms with Crippen molar-refractivity contribution in [2.24, 2.45) is 10.9 Å². The maximum atomic E-state index is 5.38. The molecule has 0 saturated heterocycles. The van der Waals surface area contributed by atoms with Gasteiger partial charge in [-0.1, -0.05) is 26.8 Å². The smallest absolute Gasteiger partial charge is 0.123 e. The van der Waals surface area contributed by atoms with Crippen molar-refractivity contribution in [2.75, 3.05) is 14.2 Å². The lowest BCUT2D eigenvalue weighted by Gasteiger charge is -2.13. The van der Waals surface area contributed by atoms with Crippen molar-refractivity contribution in [1.82, 2.24) is 0 Å². The molecule has 3 heteroatoms. The molecule has 0 fully saturated rings. The predicted octanol–water partition coefficient (Wildman–Crippen LogP) is 5.52. The van der Waals surface area contributed by atoms with Crippen LogP contribution in [0.3, 0.4) is 0 Å². The molecular formula is C20H29NO2. The second kappa shape index (κ2) is 9.19. The first-order valence-corrected chi connectivity index (χ1v) is 8.06. The molecule has 0 bridgehead atoms. The van der Waals surface area contributed by atoms with Gasteiger partial charge in [-0.15, -0.1) is 0 Å². The Kier molecular flexibility index (Phi) is 7.60. The minimum Gasteiger partial charge on any atom is -0.497 e. The predicted molar refractivity (Wildman–Crippen MR) is 99.5 cm³/mol. The number of ether oxygens (including phenoxy) is 2. The van der Waals surface area contributed by atoms with Crippen LogP contribution in [0.15, 0.2) is 41.0 Å². The fraction of sp³-hybridized carbons (Fsp3) is 0.450. The number of hydrogen-bond donors (Lipinski definition) is 0. The van der Waals surface area contributed by atoms with Crippen LogP contribution in [-0.4, -0.2) is 19.9 Å². The zero-order valence-corrected chi connectivity index (χ0v) is 15.4. The standard InChI is InChI=1S/C20H29NO2/c1-8-16(9-18(14(2)3)13-21-15(4)5)17-10-19(22-6)12-20(11-17)23-7/h9-14H,8H2,1-7H3/b16-9+,18-13-. The highest BCUT2D eigenvalue weighted by atomic mass is 16.5. The monoisotopic (exact) mass is 315 g/mol. The minimum absolute atomic E-state index is 0.409. The molecule has 1 rings (SSSR count). The van der Waals surface area contributed by atoms with Crippen molar-refractivity contribution >= 4 is 11.3 Å². The second-order valence-electron chi connectivity index (χ2n) is 5.98. The van der Waals surface area contributed by atoms with E-state index >= 15 is 0 Å². The molecule has 0 aromatic heterocycles. The molecule has 0 aliphatic rings. The van der Waals surface area contributed by atoms with Gasteiger partial charge in [0.05, 0.1) is 14.2 Å². The van der Waals surface area contributed by atoms with E-state index in [1.807, 2.05) is 38.2 Å².